The Bertz CT molecular complexity index is 953. The van der Waals surface area contributed by atoms with Crippen LogP contribution < -0.4 is 0 Å². The molecule has 30 heavy (non-hydrogen) atoms. The Balaban J connectivity index is 1.79. The normalized spacial score (nSPS) is 14.1. The number of esters is 1. The molecule has 0 spiro atoms. The number of imide groups is 1. The molecule has 1 atom stereocenters. The maximum absolute atomic E-state index is 12.9. The maximum Gasteiger partial charge on any atom is 0.327 e. The van der Waals surface area contributed by atoms with Gasteiger partial charge in [-0.2, -0.15) is 0 Å². The van der Waals surface area contributed by atoms with Crippen LogP contribution in [0.15, 0.2) is 54.6 Å². The topological polar surface area (TPSA) is 84.0 Å². The molecule has 0 fully saturated rings. The van der Waals surface area contributed by atoms with E-state index >= 15 is 0 Å². The second-order valence-corrected chi connectivity index (χ2v) is 6.91. The predicted molar refractivity (Wildman–Crippen MR) is 109 cm³/mol. The van der Waals surface area contributed by atoms with Crippen molar-refractivity contribution in [2.45, 2.75) is 26.4 Å². The van der Waals surface area contributed by atoms with E-state index in [1.54, 1.807) is 59.5 Å². The zero-order chi connectivity index (χ0) is 21.7. The van der Waals surface area contributed by atoms with Crippen molar-refractivity contribution in [1.82, 2.24) is 9.80 Å². The largest absolute Gasteiger partial charge is 0.446 e. The number of hydrogen-bond donors (Lipinski definition) is 0. The van der Waals surface area contributed by atoms with Crippen molar-refractivity contribution in [2.24, 2.45) is 0 Å². The number of hydrogen-bond acceptors (Lipinski definition) is 5. The van der Waals surface area contributed by atoms with Crippen molar-refractivity contribution < 1.29 is 23.9 Å². The number of benzene rings is 2. The van der Waals surface area contributed by atoms with Gasteiger partial charge in [0.25, 0.3) is 11.8 Å². The Labute approximate surface area is 175 Å². The van der Waals surface area contributed by atoms with Gasteiger partial charge in [0.2, 0.25) is 12.0 Å². The number of likely N-dealkylation sites (N-methyl/N-ethyl adjacent to an activating group) is 1. The molecular formula is C23H24N2O5. The molecule has 0 saturated carbocycles. The highest BCUT2D eigenvalue weighted by atomic mass is 16.5. The highest BCUT2D eigenvalue weighted by Gasteiger charge is 2.34. The third-order valence-electron chi connectivity index (χ3n) is 5.07. The van der Waals surface area contributed by atoms with Crippen LogP contribution in [-0.2, 0) is 25.5 Å². The molecule has 1 aliphatic rings. The molecule has 0 aromatic heterocycles. The van der Waals surface area contributed by atoms with Crippen LogP contribution in [0.5, 0.6) is 0 Å². The molecule has 156 valence electrons. The maximum atomic E-state index is 12.9. The number of ether oxygens (including phenoxy) is 1. The van der Waals surface area contributed by atoms with Gasteiger partial charge in [0.1, 0.15) is 6.54 Å². The lowest BCUT2D eigenvalue weighted by Crippen LogP contribution is -2.46. The van der Waals surface area contributed by atoms with Crippen LogP contribution >= 0.6 is 0 Å². The second-order valence-electron chi connectivity index (χ2n) is 6.91. The Morgan fingerprint density at radius 3 is 2.30 bits per heavy atom. The molecule has 7 heteroatoms. The summed E-state index contributed by atoms with van der Waals surface area (Å²) < 4.78 is 5.49. The quantitative estimate of drug-likeness (QED) is 0.519. The molecule has 1 heterocycles. The van der Waals surface area contributed by atoms with Gasteiger partial charge < -0.3 is 9.64 Å². The first-order chi connectivity index (χ1) is 14.5. The predicted octanol–water partition coefficient (Wildman–Crippen LogP) is 2.36. The van der Waals surface area contributed by atoms with Crippen molar-refractivity contribution in [2.75, 3.05) is 19.6 Å². The summed E-state index contributed by atoms with van der Waals surface area (Å²) in [5.41, 5.74) is 1.56. The molecule has 0 unspecified atom stereocenters. The summed E-state index contributed by atoms with van der Waals surface area (Å²) in [4.78, 5) is 53.1. The molecule has 3 rings (SSSR count). The van der Waals surface area contributed by atoms with Crippen LogP contribution in [0.1, 0.15) is 41.4 Å². The average Bonchev–Trinajstić information content (AvgIpc) is 2.76. The van der Waals surface area contributed by atoms with Gasteiger partial charge in [0, 0.05) is 24.2 Å². The number of rotatable bonds is 7. The Morgan fingerprint density at radius 1 is 1.00 bits per heavy atom. The molecule has 3 amide bonds. The number of amides is 3. The number of nitrogens with zero attached hydrogens (tertiary/aromatic N) is 2. The van der Waals surface area contributed by atoms with Crippen LogP contribution in [-0.4, -0.2) is 53.1 Å². The molecule has 2 aromatic carbocycles. The lowest BCUT2D eigenvalue weighted by molar-refractivity contribution is -0.162. The van der Waals surface area contributed by atoms with Crippen LogP contribution in [0.25, 0.3) is 0 Å². The van der Waals surface area contributed by atoms with Gasteiger partial charge in [0.15, 0.2) is 0 Å². The summed E-state index contributed by atoms with van der Waals surface area (Å²) in [6.45, 7) is 4.08. The molecule has 0 N–H and O–H groups in total. The number of carbonyl (C=O) groups excluding carboxylic acids is 4. The van der Waals surface area contributed by atoms with Crippen molar-refractivity contribution in [1.29, 1.82) is 0 Å². The molecule has 1 aliphatic heterocycles. The highest BCUT2D eigenvalue weighted by Crippen LogP contribution is 2.23. The minimum absolute atomic E-state index is 0.0374. The Kier molecular flexibility index (Phi) is 6.61. The molecule has 0 saturated heterocycles. The lowest BCUT2D eigenvalue weighted by atomic mass is 9.98. The van der Waals surface area contributed by atoms with E-state index < -0.39 is 30.4 Å². The smallest absolute Gasteiger partial charge is 0.327 e. The molecule has 2 aromatic rings. The van der Waals surface area contributed by atoms with Gasteiger partial charge in [-0.1, -0.05) is 48.5 Å². The van der Waals surface area contributed by atoms with Crippen molar-refractivity contribution in [3.8, 4) is 0 Å². The van der Waals surface area contributed by atoms with Crippen molar-refractivity contribution in [3.05, 3.63) is 71.3 Å². The van der Waals surface area contributed by atoms with Gasteiger partial charge >= 0.3 is 5.97 Å². The van der Waals surface area contributed by atoms with E-state index in [0.29, 0.717) is 29.8 Å². The van der Waals surface area contributed by atoms with Crippen LogP contribution in [0.4, 0.5) is 0 Å². The van der Waals surface area contributed by atoms with Crippen LogP contribution in [0, 0.1) is 0 Å². The SMILES string of the molecule is CCN(CC)C(=O)[C@@H](OC(=O)CN1C(=O)Cc2ccccc2C1=O)c1ccccc1. The number of fused-ring (bicyclic) bond motifs is 1. The van der Waals surface area contributed by atoms with Gasteiger partial charge in [0.05, 0.1) is 6.42 Å². The van der Waals surface area contributed by atoms with E-state index in [9.17, 15) is 19.2 Å². The van der Waals surface area contributed by atoms with E-state index in [4.69, 9.17) is 4.74 Å². The fraction of sp³-hybridized carbons (Fsp3) is 0.304. The summed E-state index contributed by atoms with van der Waals surface area (Å²) in [5.74, 6) is -2.17. The Hall–Kier alpha value is -3.48. The van der Waals surface area contributed by atoms with Crippen LogP contribution in [0.2, 0.25) is 0 Å². The first-order valence-electron chi connectivity index (χ1n) is 9.92. The van der Waals surface area contributed by atoms with Crippen LogP contribution in [0.3, 0.4) is 0 Å². The van der Waals surface area contributed by atoms with Gasteiger partial charge in [-0.15, -0.1) is 0 Å². The molecule has 0 radical (unpaired) electrons. The van der Waals surface area contributed by atoms with Crippen molar-refractivity contribution >= 4 is 23.7 Å². The summed E-state index contributed by atoms with van der Waals surface area (Å²) in [7, 11) is 0. The second kappa shape index (κ2) is 9.35. The molecule has 0 aliphatic carbocycles. The molecule has 7 nitrogen and oxygen atoms in total. The van der Waals surface area contributed by atoms with E-state index in [1.165, 1.54) is 0 Å². The fourth-order valence-electron chi connectivity index (χ4n) is 3.45. The van der Waals surface area contributed by atoms with E-state index in [2.05, 4.69) is 0 Å². The third-order valence-corrected chi connectivity index (χ3v) is 5.07. The summed E-state index contributed by atoms with van der Waals surface area (Å²) >= 11 is 0. The zero-order valence-corrected chi connectivity index (χ0v) is 17.0. The first kappa shape index (κ1) is 21.2. The fourth-order valence-corrected chi connectivity index (χ4v) is 3.45. The monoisotopic (exact) mass is 408 g/mol. The van der Waals surface area contributed by atoms with Crippen molar-refractivity contribution in [3.63, 3.8) is 0 Å². The van der Waals surface area contributed by atoms with Gasteiger partial charge in [-0.25, -0.2) is 0 Å². The standard InChI is InChI=1S/C23H24N2O5/c1-3-24(4-2)23(29)21(16-10-6-5-7-11-16)30-20(27)15-25-19(26)14-17-12-8-9-13-18(17)22(25)28/h5-13,21H,3-4,14-15H2,1-2H3/t21-/m0/s1. The summed E-state index contributed by atoms with van der Waals surface area (Å²) in [6, 6.07) is 15.5. The van der Waals surface area contributed by atoms with E-state index in [0.717, 1.165) is 4.90 Å². The average molecular weight is 408 g/mol. The minimum atomic E-state index is -1.14. The Morgan fingerprint density at radius 2 is 1.63 bits per heavy atom. The summed E-state index contributed by atoms with van der Waals surface area (Å²) in [5, 5.41) is 0. The molecular weight excluding hydrogens is 384 g/mol. The third kappa shape index (κ3) is 4.40. The zero-order valence-electron chi connectivity index (χ0n) is 17.0. The minimum Gasteiger partial charge on any atom is -0.446 e. The van der Waals surface area contributed by atoms with Gasteiger partial charge in [-0.05, 0) is 25.5 Å². The van der Waals surface area contributed by atoms with Gasteiger partial charge in [-0.3, -0.25) is 24.1 Å². The number of carbonyl (C=O) groups is 4. The molecule has 0 bridgehead atoms. The highest BCUT2D eigenvalue weighted by molar-refractivity contribution is 6.11. The lowest BCUT2D eigenvalue weighted by Gasteiger charge is -2.28. The van der Waals surface area contributed by atoms with E-state index in [-0.39, 0.29) is 12.3 Å². The first-order valence-corrected chi connectivity index (χ1v) is 9.92. The van der Waals surface area contributed by atoms with E-state index in [1.807, 2.05) is 13.8 Å². The summed E-state index contributed by atoms with van der Waals surface area (Å²) in [6.07, 6.45) is -1.10.